The van der Waals surface area contributed by atoms with Crippen LogP contribution < -0.4 is 14.8 Å². The van der Waals surface area contributed by atoms with Crippen molar-refractivity contribution in [2.75, 3.05) is 31.6 Å². The number of amides is 2. The molecule has 1 aliphatic carbocycles. The maximum absolute atomic E-state index is 13.2. The molecule has 1 saturated carbocycles. The highest BCUT2D eigenvalue weighted by Gasteiger charge is 2.52. The number of hydrogen-bond donors (Lipinski definition) is 1. The summed E-state index contributed by atoms with van der Waals surface area (Å²) in [6.45, 7) is 3.34. The second kappa shape index (κ2) is 7.95. The number of anilines is 1. The van der Waals surface area contributed by atoms with Crippen molar-refractivity contribution in [3.63, 3.8) is 0 Å². The van der Waals surface area contributed by atoms with E-state index in [4.69, 9.17) is 21.1 Å². The van der Waals surface area contributed by atoms with Gasteiger partial charge in [0, 0.05) is 23.3 Å². The molecule has 29 heavy (non-hydrogen) atoms. The molecule has 0 bridgehead atoms. The van der Waals surface area contributed by atoms with Crippen LogP contribution in [0, 0.1) is 0 Å². The molecule has 2 aliphatic rings. The van der Waals surface area contributed by atoms with E-state index in [1.165, 1.54) is 0 Å². The summed E-state index contributed by atoms with van der Waals surface area (Å²) in [5.41, 5.74) is 1.04. The third-order valence-corrected chi connectivity index (χ3v) is 5.64. The van der Waals surface area contributed by atoms with Crippen molar-refractivity contribution >= 4 is 29.1 Å². The number of benzene rings is 2. The predicted octanol–water partition coefficient (Wildman–Crippen LogP) is 3.63. The molecule has 2 aromatic rings. The van der Waals surface area contributed by atoms with Gasteiger partial charge < -0.3 is 19.7 Å². The molecule has 4 rings (SSSR count). The predicted molar refractivity (Wildman–Crippen MR) is 111 cm³/mol. The minimum Gasteiger partial charge on any atom is -0.486 e. The molecule has 0 saturated heterocycles. The van der Waals surface area contributed by atoms with E-state index in [9.17, 15) is 9.59 Å². The number of rotatable bonds is 6. The molecule has 0 aromatic heterocycles. The molecule has 0 atom stereocenters. The third kappa shape index (κ3) is 4.03. The molecular weight excluding hydrogens is 392 g/mol. The Balaban J connectivity index is 1.42. The molecule has 1 aliphatic heterocycles. The van der Waals surface area contributed by atoms with Gasteiger partial charge in [0.25, 0.3) is 0 Å². The van der Waals surface area contributed by atoms with Crippen LogP contribution in [0.15, 0.2) is 42.5 Å². The zero-order valence-corrected chi connectivity index (χ0v) is 17.0. The Hall–Kier alpha value is -2.73. The van der Waals surface area contributed by atoms with Gasteiger partial charge in [-0.05, 0) is 49.6 Å². The van der Waals surface area contributed by atoms with E-state index in [0.717, 1.165) is 18.4 Å². The molecule has 7 heteroatoms. The van der Waals surface area contributed by atoms with Crippen molar-refractivity contribution in [1.29, 1.82) is 0 Å². The molecule has 0 unspecified atom stereocenters. The number of halogens is 1. The zero-order chi connectivity index (χ0) is 20.4. The first-order valence-electron chi connectivity index (χ1n) is 9.77. The largest absolute Gasteiger partial charge is 0.486 e. The van der Waals surface area contributed by atoms with Crippen LogP contribution in [0.3, 0.4) is 0 Å². The van der Waals surface area contributed by atoms with Crippen molar-refractivity contribution < 1.29 is 19.1 Å². The Morgan fingerprint density at radius 2 is 1.76 bits per heavy atom. The first-order chi connectivity index (χ1) is 14.0. The van der Waals surface area contributed by atoms with E-state index in [1.807, 2.05) is 19.1 Å². The van der Waals surface area contributed by atoms with Crippen LogP contribution in [-0.2, 0) is 15.0 Å². The molecule has 1 fully saturated rings. The van der Waals surface area contributed by atoms with Gasteiger partial charge in [-0.3, -0.25) is 9.59 Å². The first kappa shape index (κ1) is 19.6. The highest BCUT2D eigenvalue weighted by atomic mass is 35.5. The van der Waals surface area contributed by atoms with E-state index < -0.39 is 5.41 Å². The van der Waals surface area contributed by atoms with E-state index in [-0.39, 0.29) is 18.4 Å². The van der Waals surface area contributed by atoms with Crippen molar-refractivity contribution in [1.82, 2.24) is 4.90 Å². The van der Waals surface area contributed by atoms with Crippen LogP contribution in [-0.4, -0.2) is 43.0 Å². The summed E-state index contributed by atoms with van der Waals surface area (Å²) in [5.74, 6) is 1.01. The van der Waals surface area contributed by atoms with Crippen LogP contribution in [0.25, 0.3) is 0 Å². The van der Waals surface area contributed by atoms with Gasteiger partial charge >= 0.3 is 0 Å². The molecule has 1 heterocycles. The minimum absolute atomic E-state index is 0.000878. The van der Waals surface area contributed by atoms with Crippen LogP contribution in [0.5, 0.6) is 11.5 Å². The average Bonchev–Trinajstić information content (AvgIpc) is 3.54. The second-order valence-electron chi connectivity index (χ2n) is 7.31. The number of hydrogen-bond acceptors (Lipinski definition) is 4. The molecule has 2 amide bonds. The SMILES string of the molecule is CCN(CC(=O)Nc1ccc2c(c1)OCCO2)C(=O)C1(c2ccc(Cl)cc2)CC1. The second-order valence-corrected chi connectivity index (χ2v) is 7.75. The van der Waals surface area contributed by atoms with Crippen LogP contribution in [0.1, 0.15) is 25.3 Å². The normalized spacial score (nSPS) is 16.1. The monoisotopic (exact) mass is 414 g/mol. The van der Waals surface area contributed by atoms with E-state index in [1.54, 1.807) is 35.2 Å². The molecule has 152 valence electrons. The molecule has 0 spiro atoms. The highest BCUT2D eigenvalue weighted by molar-refractivity contribution is 6.30. The fourth-order valence-corrected chi connectivity index (χ4v) is 3.77. The highest BCUT2D eigenvalue weighted by Crippen LogP contribution is 2.49. The number of carbonyl (C=O) groups excluding carboxylic acids is 2. The maximum Gasteiger partial charge on any atom is 0.243 e. The van der Waals surface area contributed by atoms with Gasteiger partial charge in [-0.2, -0.15) is 0 Å². The summed E-state index contributed by atoms with van der Waals surface area (Å²) in [4.78, 5) is 27.4. The standard InChI is InChI=1S/C22H23ClN2O4/c1-2-25(21(27)22(9-10-22)15-3-5-16(23)6-4-15)14-20(26)24-17-7-8-18-19(13-17)29-12-11-28-18/h3-8,13H,2,9-12,14H2,1H3,(H,24,26). The number of carbonyl (C=O) groups is 2. The van der Waals surface area contributed by atoms with Crippen molar-refractivity contribution in [2.24, 2.45) is 0 Å². The lowest BCUT2D eigenvalue weighted by atomic mass is 9.94. The Labute approximate surface area is 174 Å². The topological polar surface area (TPSA) is 67.9 Å². The molecule has 2 aromatic carbocycles. The number of likely N-dealkylation sites (N-methyl/N-ethyl adjacent to an activating group) is 1. The smallest absolute Gasteiger partial charge is 0.243 e. The van der Waals surface area contributed by atoms with Gasteiger partial charge in [0.05, 0.1) is 12.0 Å². The Morgan fingerprint density at radius 1 is 1.07 bits per heavy atom. The van der Waals surface area contributed by atoms with Gasteiger partial charge in [0.2, 0.25) is 11.8 Å². The van der Waals surface area contributed by atoms with Crippen LogP contribution in [0.4, 0.5) is 5.69 Å². The Bertz CT molecular complexity index is 925. The molecular formula is C22H23ClN2O4. The van der Waals surface area contributed by atoms with E-state index in [2.05, 4.69) is 5.32 Å². The van der Waals surface area contributed by atoms with Crippen molar-refractivity contribution in [3.05, 3.63) is 53.1 Å². The lowest BCUT2D eigenvalue weighted by Gasteiger charge is -2.26. The van der Waals surface area contributed by atoms with Gasteiger partial charge in [0.1, 0.15) is 13.2 Å². The minimum atomic E-state index is -0.530. The average molecular weight is 415 g/mol. The number of ether oxygens (including phenoxy) is 2. The molecule has 0 radical (unpaired) electrons. The van der Waals surface area contributed by atoms with Gasteiger partial charge in [-0.1, -0.05) is 23.7 Å². The van der Waals surface area contributed by atoms with Crippen molar-refractivity contribution in [3.8, 4) is 11.5 Å². The number of fused-ring (bicyclic) bond motifs is 1. The fourth-order valence-electron chi connectivity index (χ4n) is 3.64. The van der Waals surface area contributed by atoms with Crippen molar-refractivity contribution in [2.45, 2.75) is 25.2 Å². The fraction of sp³-hybridized carbons (Fsp3) is 0.364. The third-order valence-electron chi connectivity index (χ3n) is 5.39. The summed E-state index contributed by atoms with van der Waals surface area (Å²) in [7, 11) is 0. The first-order valence-corrected chi connectivity index (χ1v) is 10.1. The lowest BCUT2D eigenvalue weighted by molar-refractivity contribution is -0.136. The molecule has 6 nitrogen and oxygen atoms in total. The van der Waals surface area contributed by atoms with Gasteiger partial charge in [0.15, 0.2) is 11.5 Å². The lowest BCUT2D eigenvalue weighted by Crippen LogP contribution is -2.43. The summed E-state index contributed by atoms with van der Waals surface area (Å²) in [6, 6.07) is 12.7. The summed E-state index contributed by atoms with van der Waals surface area (Å²) >= 11 is 5.98. The quantitative estimate of drug-likeness (QED) is 0.783. The zero-order valence-electron chi connectivity index (χ0n) is 16.2. The number of nitrogens with one attached hydrogen (secondary N) is 1. The Morgan fingerprint density at radius 3 is 2.41 bits per heavy atom. The summed E-state index contributed by atoms with van der Waals surface area (Å²) < 4.78 is 11.0. The summed E-state index contributed by atoms with van der Waals surface area (Å²) in [5, 5.41) is 3.49. The van der Waals surface area contributed by atoms with Crippen LogP contribution in [0.2, 0.25) is 5.02 Å². The van der Waals surface area contributed by atoms with Gasteiger partial charge in [-0.25, -0.2) is 0 Å². The Kier molecular flexibility index (Phi) is 5.37. The molecule has 1 N–H and O–H groups in total. The summed E-state index contributed by atoms with van der Waals surface area (Å²) in [6.07, 6.45) is 1.57. The maximum atomic E-state index is 13.2. The van der Waals surface area contributed by atoms with E-state index in [0.29, 0.717) is 42.0 Å². The number of nitrogens with zero attached hydrogens (tertiary/aromatic N) is 1. The van der Waals surface area contributed by atoms with Gasteiger partial charge in [-0.15, -0.1) is 0 Å². The van der Waals surface area contributed by atoms with Crippen LogP contribution >= 0.6 is 11.6 Å². The van der Waals surface area contributed by atoms with E-state index >= 15 is 0 Å².